The molecule has 0 heterocycles. The number of hydrogen-bond acceptors (Lipinski definition) is 1. The molecule has 64 valence electrons. The third-order valence-electron chi connectivity index (χ3n) is 1.81. The Hall–Kier alpha value is -0.700. The second-order valence-electron chi connectivity index (χ2n) is 2.65. The van der Waals surface area contributed by atoms with E-state index < -0.39 is 5.82 Å². The lowest BCUT2D eigenvalue weighted by Crippen LogP contribution is -1.96. The summed E-state index contributed by atoms with van der Waals surface area (Å²) in [6.07, 6.45) is 0.544. The van der Waals surface area contributed by atoms with Crippen molar-refractivity contribution >= 4 is 22.2 Å². The molecule has 1 aromatic rings. The Bertz CT molecular complexity index is 308. The first-order valence-corrected chi connectivity index (χ1v) is 4.27. The van der Waals surface area contributed by atoms with Crippen LogP contribution in [-0.4, -0.2) is 6.29 Å². The molecule has 0 saturated carbocycles. The van der Waals surface area contributed by atoms with Crippen molar-refractivity contribution in [3.8, 4) is 0 Å². The molecule has 3 heteroatoms. The molecule has 0 aliphatic rings. The molecule has 0 spiro atoms. The number of hydrogen-bond donors (Lipinski definition) is 0. The van der Waals surface area contributed by atoms with Crippen LogP contribution in [0.4, 0.5) is 4.39 Å². The van der Waals surface area contributed by atoms with E-state index in [1.54, 1.807) is 19.9 Å². The van der Waals surface area contributed by atoms with Crippen LogP contribution in [0, 0.1) is 19.7 Å². The molecular weight excluding hydrogens is 223 g/mol. The third-order valence-corrected chi connectivity index (χ3v) is 2.63. The molecular formula is C9H8BrFO. The number of aldehydes is 1. The van der Waals surface area contributed by atoms with Crippen LogP contribution < -0.4 is 0 Å². The monoisotopic (exact) mass is 230 g/mol. The Kier molecular flexibility index (Phi) is 2.62. The summed E-state index contributed by atoms with van der Waals surface area (Å²) in [4.78, 5) is 10.5. The van der Waals surface area contributed by atoms with Crippen molar-refractivity contribution in [1.29, 1.82) is 0 Å². The summed E-state index contributed by atoms with van der Waals surface area (Å²) in [6.45, 7) is 3.34. The van der Waals surface area contributed by atoms with E-state index in [1.807, 2.05) is 0 Å². The van der Waals surface area contributed by atoms with Crippen LogP contribution >= 0.6 is 15.9 Å². The molecule has 0 amide bonds. The van der Waals surface area contributed by atoms with Gasteiger partial charge in [0.15, 0.2) is 6.29 Å². The van der Waals surface area contributed by atoms with Gasteiger partial charge in [0.2, 0.25) is 0 Å². The molecule has 0 aromatic heterocycles. The summed E-state index contributed by atoms with van der Waals surface area (Å²) in [5.74, 6) is -0.425. The molecule has 0 radical (unpaired) electrons. The Morgan fingerprint density at radius 3 is 2.58 bits per heavy atom. The van der Waals surface area contributed by atoms with Crippen molar-refractivity contribution < 1.29 is 9.18 Å². The van der Waals surface area contributed by atoms with Crippen LogP contribution in [0.1, 0.15) is 21.5 Å². The van der Waals surface area contributed by atoms with Gasteiger partial charge in [-0.2, -0.15) is 0 Å². The largest absolute Gasteiger partial charge is 0.298 e. The third kappa shape index (κ3) is 1.41. The minimum atomic E-state index is -0.425. The number of carbonyl (C=O) groups is 1. The van der Waals surface area contributed by atoms with Gasteiger partial charge in [0, 0.05) is 4.47 Å². The van der Waals surface area contributed by atoms with Gasteiger partial charge >= 0.3 is 0 Å². The number of halogens is 2. The molecule has 0 unspecified atom stereocenters. The van der Waals surface area contributed by atoms with Gasteiger partial charge in [0.1, 0.15) is 5.82 Å². The summed E-state index contributed by atoms with van der Waals surface area (Å²) >= 11 is 3.25. The Labute approximate surface area is 78.7 Å². The SMILES string of the molecule is Cc1cc(Br)c(C)c(C=O)c1F. The van der Waals surface area contributed by atoms with Gasteiger partial charge in [0.25, 0.3) is 0 Å². The highest BCUT2D eigenvalue weighted by atomic mass is 79.9. The Morgan fingerprint density at radius 1 is 1.50 bits per heavy atom. The zero-order valence-electron chi connectivity index (χ0n) is 6.82. The lowest BCUT2D eigenvalue weighted by molar-refractivity contribution is 0.111. The minimum Gasteiger partial charge on any atom is -0.298 e. The average molecular weight is 231 g/mol. The average Bonchev–Trinajstić information content (AvgIpc) is 2.02. The highest BCUT2D eigenvalue weighted by molar-refractivity contribution is 9.10. The van der Waals surface area contributed by atoms with Crippen molar-refractivity contribution in [2.75, 3.05) is 0 Å². The van der Waals surface area contributed by atoms with Crippen LogP contribution in [0.2, 0.25) is 0 Å². The Balaban J connectivity index is 3.52. The molecule has 1 aromatic carbocycles. The normalized spacial score (nSPS) is 10.0. The number of carbonyl (C=O) groups excluding carboxylic acids is 1. The van der Waals surface area contributed by atoms with Gasteiger partial charge in [-0.15, -0.1) is 0 Å². The molecule has 1 rings (SSSR count). The lowest BCUT2D eigenvalue weighted by Gasteiger charge is -2.05. The molecule has 0 bridgehead atoms. The fraction of sp³-hybridized carbons (Fsp3) is 0.222. The quantitative estimate of drug-likeness (QED) is 0.679. The van der Waals surface area contributed by atoms with E-state index in [9.17, 15) is 9.18 Å². The number of rotatable bonds is 1. The van der Waals surface area contributed by atoms with E-state index in [0.717, 1.165) is 4.47 Å². The predicted molar refractivity (Wildman–Crippen MR) is 49.0 cm³/mol. The maximum absolute atomic E-state index is 13.2. The molecule has 0 saturated heterocycles. The zero-order chi connectivity index (χ0) is 9.30. The van der Waals surface area contributed by atoms with Crippen LogP contribution in [0.25, 0.3) is 0 Å². The van der Waals surface area contributed by atoms with Crippen LogP contribution in [0.3, 0.4) is 0 Å². The second kappa shape index (κ2) is 3.35. The predicted octanol–water partition coefficient (Wildman–Crippen LogP) is 3.02. The standard InChI is InChI=1S/C9H8BrFO/c1-5-3-8(10)6(2)7(4-12)9(5)11/h3-4H,1-2H3. The van der Waals surface area contributed by atoms with Gasteiger partial charge in [0.05, 0.1) is 5.56 Å². The summed E-state index contributed by atoms with van der Waals surface area (Å²) < 4.78 is 14.0. The van der Waals surface area contributed by atoms with E-state index in [2.05, 4.69) is 15.9 Å². The minimum absolute atomic E-state index is 0.141. The Morgan fingerprint density at radius 2 is 2.08 bits per heavy atom. The molecule has 0 atom stereocenters. The smallest absolute Gasteiger partial charge is 0.153 e. The maximum Gasteiger partial charge on any atom is 0.153 e. The van der Waals surface area contributed by atoms with E-state index in [-0.39, 0.29) is 5.56 Å². The maximum atomic E-state index is 13.2. The van der Waals surface area contributed by atoms with Crippen molar-refractivity contribution in [2.45, 2.75) is 13.8 Å². The highest BCUT2D eigenvalue weighted by Crippen LogP contribution is 2.23. The second-order valence-corrected chi connectivity index (χ2v) is 3.50. The van der Waals surface area contributed by atoms with Gasteiger partial charge in [-0.3, -0.25) is 4.79 Å². The molecule has 0 fully saturated rings. The summed E-state index contributed by atoms with van der Waals surface area (Å²) in [5.41, 5.74) is 1.27. The summed E-state index contributed by atoms with van der Waals surface area (Å²) in [7, 11) is 0. The van der Waals surface area contributed by atoms with Crippen LogP contribution in [-0.2, 0) is 0 Å². The number of aryl methyl sites for hydroxylation is 1. The molecule has 12 heavy (non-hydrogen) atoms. The molecule has 0 aliphatic heterocycles. The first-order chi connectivity index (χ1) is 5.57. The summed E-state index contributed by atoms with van der Waals surface area (Å²) in [6, 6.07) is 1.66. The molecule has 0 N–H and O–H groups in total. The van der Waals surface area contributed by atoms with Gasteiger partial charge in [-0.1, -0.05) is 15.9 Å². The van der Waals surface area contributed by atoms with Crippen molar-refractivity contribution in [3.63, 3.8) is 0 Å². The molecule has 1 nitrogen and oxygen atoms in total. The van der Waals surface area contributed by atoms with Gasteiger partial charge in [-0.05, 0) is 31.0 Å². The van der Waals surface area contributed by atoms with Crippen molar-refractivity contribution in [1.82, 2.24) is 0 Å². The van der Waals surface area contributed by atoms with E-state index in [0.29, 0.717) is 17.4 Å². The van der Waals surface area contributed by atoms with E-state index >= 15 is 0 Å². The fourth-order valence-corrected chi connectivity index (χ4v) is 1.56. The lowest BCUT2D eigenvalue weighted by atomic mass is 10.1. The fourth-order valence-electron chi connectivity index (χ4n) is 1.01. The van der Waals surface area contributed by atoms with Crippen LogP contribution in [0.5, 0.6) is 0 Å². The first-order valence-electron chi connectivity index (χ1n) is 3.48. The summed E-state index contributed by atoms with van der Waals surface area (Å²) in [5, 5.41) is 0. The van der Waals surface area contributed by atoms with Crippen molar-refractivity contribution in [2.24, 2.45) is 0 Å². The highest BCUT2D eigenvalue weighted by Gasteiger charge is 2.10. The van der Waals surface area contributed by atoms with Gasteiger partial charge in [-0.25, -0.2) is 4.39 Å². The van der Waals surface area contributed by atoms with E-state index in [1.165, 1.54) is 0 Å². The topological polar surface area (TPSA) is 17.1 Å². The van der Waals surface area contributed by atoms with Crippen LogP contribution in [0.15, 0.2) is 10.5 Å². The first kappa shape index (κ1) is 9.39. The zero-order valence-corrected chi connectivity index (χ0v) is 8.40. The molecule has 0 aliphatic carbocycles. The van der Waals surface area contributed by atoms with Gasteiger partial charge < -0.3 is 0 Å². The van der Waals surface area contributed by atoms with Crippen molar-refractivity contribution in [3.05, 3.63) is 33.0 Å². The number of benzene rings is 1. The van der Waals surface area contributed by atoms with E-state index in [4.69, 9.17) is 0 Å².